The summed E-state index contributed by atoms with van der Waals surface area (Å²) in [6.45, 7) is 13.1. The number of benzene rings is 1. The van der Waals surface area contributed by atoms with Crippen LogP contribution in [0.1, 0.15) is 105 Å². The number of aliphatic carboxylic acids is 1. The molecule has 2 aliphatic heterocycles. The molecule has 378 valence electrons. The number of rotatable bonds is 27. The van der Waals surface area contributed by atoms with E-state index >= 15 is 0 Å². The van der Waals surface area contributed by atoms with E-state index in [1.165, 1.54) is 49.5 Å². The van der Waals surface area contributed by atoms with E-state index in [-0.39, 0.29) is 90.6 Å². The number of nitrogens with zero attached hydrogens (tertiary/aromatic N) is 4. The number of methoxy groups -OCH3 is 2. The average molecular weight is 955 g/mol. The quantitative estimate of drug-likeness (QED) is 0.0849. The molecule has 17 nitrogen and oxygen atoms in total. The van der Waals surface area contributed by atoms with Gasteiger partial charge in [-0.15, -0.1) is 0 Å². The van der Waals surface area contributed by atoms with Crippen molar-refractivity contribution in [3.63, 3.8) is 0 Å². The van der Waals surface area contributed by atoms with Crippen molar-refractivity contribution < 1.29 is 57.3 Å². The van der Waals surface area contributed by atoms with Gasteiger partial charge in [-0.3, -0.25) is 38.5 Å². The minimum atomic E-state index is -1.40. The summed E-state index contributed by atoms with van der Waals surface area (Å²) in [6.07, 6.45) is 4.31. The largest absolute Gasteiger partial charge is 0.480 e. The highest BCUT2D eigenvalue weighted by molar-refractivity contribution is 6.12. The highest BCUT2D eigenvalue weighted by Gasteiger charge is 2.57. The van der Waals surface area contributed by atoms with Crippen molar-refractivity contribution in [3.8, 4) is 0 Å². The first kappa shape index (κ1) is 55.4. The fourth-order valence-electron chi connectivity index (χ4n) is 10.00. The lowest BCUT2D eigenvalue weighted by Gasteiger charge is -2.41. The summed E-state index contributed by atoms with van der Waals surface area (Å²) in [5.41, 5.74) is 0.147. The number of unbranched alkanes of at least 4 members (excludes halogenated alkanes) is 2. The molecule has 3 N–H and O–H groups in total. The molecule has 0 spiro atoms. The van der Waals surface area contributed by atoms with Crippen LogP contribution < -0.4 is 10.6 Å². The Hall–Kier alpha value is -5.23. The molecule has 3 aliphatic rings. The third kappa shape index (κ3) is 13.5. The summed E-state index contributed by atoms with van der Waals surface area (Å²) in [6, 6.07) is 1.30. The summed E-state index contributed by atoms with van der Waals surface area (Å²) in [5, 5.41) is 15.5. The molecule has 1 saturated carbocycles. The van der Waals surface area contributed by atoms with Crippen LogP contribution in [0.5, 0.6) is 0 Å². The average Bonchev–Trinajstić information content (AvgIpc) is 3.84. The fourth-order valence-corrected chi connectivity index (χ4v) is 10.00. The molecule has 1 saturated heterocycles. The number of amides is 7. The van der Waals surface area contributed by atoms with Gasteiger partial charge in [-0.05, 0) is 61.0 Å². The van der Waals surface area contributed by atoms with E-state index in [4.69, 9.17) is 9.47 Å². The van der Waals surface area contributed by atoms with Crippen molar-refractivity contribution >= 4 is 47.3 Å². The number of ether oxygens (including phenoxy) is 2. The molecule has 0 bridgehead atoms. The number of halogens is 1. The molecule has 1 unspecified atom stereocenters. The number of nitrogens with one attached hydrogen (secondary N) is 2. The molecule has 7 amide bonds. The van der Waals surface area contributed by atoms with Gasteiger partial charge in [0, 0.05) is 65.9 Å². The Balaban J connectivity index is 1.44. The van der Waals surface area contributed by atoms with Crippen LogP contribution in [0.3, 0.4) is 0 Å². The highest BCUT2D eigenvalue weighted by atomic mass is 19.1. The number of carboxylic acids is 1. The van der Waals surface area contributed by atoms with Crippen LogP contribution in [0.25, 0.3) is 0 Å². The van der Waals surface area contributed by atoms with E-state index < -0.39 is 71.9 Å². The van der Waals surface area contributed by atoms with E-state index in [9.17, 15) is 47.9 Å². The number of hydrogen-bond acceptors (Lipinski definition) is 10. The number of likely N-dealkylation sites (tertiary alicyclic amines) is 1. The number of fused-ring (bicyclic) bond motifs is 1. The minimum absolute atomic E-state index is 0.0805. The maximum atomic E-state index is 14.6. The third-order valence-corrected chi connectivity index (χ3v) is 14.2. The van der Waals surface area contributed by atoms with Gasteiger partial charge < -0.3 is 39.9 Å². The van der Waals surface area contributed by atoms with Crippen molar-refractivity contribution in [2.75, 3.05) is 34.9 Å². The summed E-state index contributed by atoms with van der Waals surface area (Å²) in [4.78, 5) is 112. The number of imide groups is 1. The predicted molar refractivity (Wildman–Crippen MR) is 251 cm³/mol. The highest BCUT2D eigenvalue weighted by Crippen LogP contribution is 2.50. The van der Waals surface area contributed by atoms with Gasteiger partial charge >= 0.3 is 5.97 Å². The molecule has 4 rings (SSSR count). The van der Waals surface area contributed by atoms with Gasteiger partial charge in [0.25, 0.3) is 11.8 Å². The van der Waals surface area contributed by atoms with Crippen LogP contribution in [-0.4, -0.2) is 155 Å². The van der Waals surface area contributed by atoms with E-state index in [1.54, 1.807) is 36.9 Å². The van der Waals surface area contributed by atoms with Crippen molar-refractivity contribution in [1.29, 1.82) is 0 Å². The van der Waals surface area contributed by atoms with Crippen LogP contribution in [0.15, 0.2) is 36.4 Å². The van der Waals surface area contributed by atoms with E-state index in [1.807, 2.05) is 41.5 Å². The van der Waals surface area contributed by atoms with Crippen molar-refractivity contribution in [2.24, 2.45) is 29.6 Å². The van der Waals surface area contributed by atoms with Gasteiger partial charge in [0.2, 0.25) is 29.5 Å². The molecule has 2 fully saturated rings. The van der Waals surface area contributed by atoms with Crippen LogP contribution in [-0.2, 0) is 54.3 Å². The Labute approximate surface area is 400 Å². The Morgan fingerprint density at radius 1 is 0.853 bits per heavy atom. The molecule has 2 heterocycles. The van der Waals surface area contributed by atoms with Gasteiger partial charge in [0.1, 0.15) is 23.9 Å². The standard InChI is InChI=1S/C50H75FN6O11/c1-12-30(6)45(55(9)49(64)43(28(2)3)53-48(63)44(29(4)5)54(8)39(58)20-14-13-17-23-56-40(59)21-22-41(56)60)38(67-10)27-42(61)57-36-25-33(36)26-37(57)46(68-11)31(7)47(62)52-35(50(65)66)24-32-18-15-16-19-34(32)51/h15-16,18-19,21-22,28-31,33,35-38,43-46H,12-14,17,20,23-27H2,1-11H3,(H,52,62)(H,53,63)(H,65,66)/t30-,31+,33-,35-,36-,37-,38+,43-,44?,45-,46+/m0/s1. The zero-order valence-corrected chi connectivity index (χ0v) is 41.7. The summed E-state index contributed by atoms with van der Waals surface area (Å²) in [5.74, 6) is -6.07. The van der Waals surface area contributed by atoms with Gasteiger partial charge in [0.15, 0.2) is 0 Å². The minimum Gasteiger partial charge on any atom is -0.480 e. The molecule has 1 aromatic rings. The van der Waals surface area contributed by atoms with Crippen molar-refractivity contribution in [3.05, 3.63) is 47.8 Å². The molecule has 0 aromatic heterocycles. The first-order valence-electron chi connectivity index (χ1n) is 24.1. The van der Waals surface area contributed by atoms with Crippen LogP contribution in [0.2, 0.25) is 0 Å². The SMILES string of the molecule is CC[C@H](C)[C@@H]([C@@H](CC(=O)N1[C@H]2C[C@H]2C[C@H]1[C@H](OC)[C@@H](C)C(=O)N[C@@H](Cc1ccccc1F)C(=O)O)OC)N(C)C(=O)[C@@H](NC(=O)C(C(C)C)N(C)C(=O)CCCCCN1C(=O)C=CC1=O)C(C)C. The molecule has 1 aromatic carbocycles. The molecule has 1 aliphatic carbocycles. The molecule has 18 heteroatoms. The fraction of sp³-hybridized carbons (Fsp3) is 0.680. The lowest BCUT2D eigenvalue weighted by Crippen LogP contribution is -2.60. The van der Waals surface area contributed by atoms with Gasteiger partial charge in [-0.1, -0.05) is 79.5 Å². The maximum Gasteiger partial charge on any atom is 0.326 e. The monoisotopic (exact) mass is 955 g/mol. The normalized spacial score (nSPS) is 21.1. The summed E-state index contributed by atoms with van der Waals surface area (Å²) >= 11 is 0. The number of carbonyl (C=O) groups is 8. The molecule has 0 radical (unpaired) electrons. The third-order valence-electron chi connectivity index (χ3n) is 14.2. The first-order valence-corrected chi connectivity index (χ1v) is 24.1. The molecule has 11 atom stereocenters. The smallest absolute Gasteiger partial charge is 0.326 e. The molecular weight excluding hydrogens is 880 g/mol. The Bertz CT molecular complexity index is 2000. The number of hydrogen-bond donors (Lipinski definition) is 3. The molecule has 68 heavy (non-hydrogen) atoms. The second-order valence-electron chi connectivity index (χ2n) is 19.6. The summed E-state index contributed by atoms with van der Waals surface area (Å²) < 4.78 is 26.4. The van der Waals surface area contributed by atoms with E-state index in [0.29, 0.717) is 32.1 Å². The predicted octanol–water partition coefficient (Wildman–Crippen LogP) is 3.97. The Kier molecular flexibility index (Phi) is 20.3. The van der Waals surface area contributed by atoms with Crippen LogP contribution >= 0.6 is 0 Å². The Morgan fingerprint density at radius 3 is 2.06 bits per heavy atom. The van der Waals surface area contributed by atoms with Gasteiger partial charge in [0.05, 0.1) is 36.6 Å². The first-order chi connectivity index (χ1) is 32.1. The summed E-state index contributed by atoms with van der Waals surface area (Å²) in [7, 11) is 6.16. The van der Waals surface area contributed by atoms with Crippen molar-refractivity contribution in [1.82, 2.24) is 30.2 Å². The number of carboxylic acid groups (broad SMARTS) is 1. The lowest BCUT2D eigenvalue weighted by molar-refractivity contribution is -0.149. The van der Waals surface area contributed by atoms with Crippen LogP contribution in [0.4, 0.5) is 4.39 Å². The van der Waals surface area contributed by atoms with E-state index in [2.05, 4.69) is 10.6 Å². The number of piperidine rings is 1. The number of carbonyl (C=O) groups excluding carboxylic acids is 7. The zero-order valence-electron chi connectivity index (χ0n) is 41.7. The van der Waals surface area contributed by atoms with Crippen molar-refractivity contribution in [2.45, 2.75) is 155 Å². The molecular formula is C50H75FN6O11. The van der Waals surface area contributed by atoms with Gasteiger partial charge in [-0.25, -0.2) is 9.18 Å². The zero-order chi connectivity index (χ0) is 50.7. The maximum absolute atomic E-state index is 14.6. The Morgan fingerprint density at radius 2 is 1.50 bits per heavy atom. The number of likely N-dealkylation sites (N-methyl/N-ethyl adjacent to an activating group) is 2. The van der Waals surface area contributed by atoms with Gasteiger partial charge in [-0.2, -0.15) is 0 Å². The lowest BCUT2D eigenvalue weighted by atomic mass is 9.89. The second-order valence-corrected chi connectivity index (χ2v) is 19.6. The van der Waals surface area contributed by atoms with Crippen LogP contribution in [0, 0.1) is 35.4 Å². The topological polar surface area (TPSA) is 212 Å². The second kappa shape index (κ2) is 24.9. The van der Waals surface area contributed by atoms with E-state index in [0.717, 1.165) is 11.3 Å².